The molecule has 3 aromatic rings. The molecule has 1 unspecified atom stereocenters. The Hall–Kier alpha value is -2.38. The third-order valence-corrected chi connectivity index (χ3v) is 5.58. The van der Waals surface area contributed by atoms with Gasteiger partial charge in [-0.05, 0) is 43.8 Å². The van der Waals surface area contributed by atoms with Crippen molar-refractivity contribution in [1.29, 1.82) is 0 Å². The highest BCUT2D eigenvalue weighted by molar-refractivity contribution is 7.18. The van der Waals surface area contributed by atoms with Crippen LogP contribution in [0.15, 0.2) is 42.5 Å². The van der Waals surface area contributed by atoms with Crippen LogP contribution in [0.4, 0.5) is 8.78 Å². The van der Waals surface area contributed by atoms with E-state index in [-0.39, 0.29) is 18.5 Å². The fraction of sp³-hybridized carbons (Fsp3) is 0.300. The Labute approximate surface area is 160 Å². The number of carbonyl (C=O) groups excluding carboxylic acids is 1. The van der Waals surface area contributed by atoms with Crippen molar-refractivity contribution in [2.45, 2.75) is 19.4 Å². The Morgan fingerprint density at radius 2 is 2.00 bits per heavy atom. The van der Waals surface area contributed by atoms with E-state index in [1.165, 1.54) is 12.1 Å². The summed E-state index contributed by atoms with van der Waals surface area (Å²) in [6.07, 6.45) is 0.674. The molecule has 0 fully saturated rings. The molecule has 1 amide bonds. The molecule has 0 saturated carbocycles. The van der Waals surface area contributed by atoms with Gasteiger partial charge in [-0.25, -0.2) is 13.8 Å². The Kier molecular flexibility index (Phi) is 6.13. The molecule has 4 nitrogen and oxygen atoms in total. The molecule has 0 aliphatic heterocycles. The lowest BCUT2D eigenvalue weighted by Crippen LogP contribution is -2.37. The summed E-state index contributed by atoms with van der Waals surface area (Å²) in [7, 11) is 1.78. The monoisotopic (exact) mass is 389 g/mol. The molecule has 0 aliphatic carbocycles. The highest BCUT2D eigenvalue weighted by Gasteiger charge is 2.16. The summed E-state index contributed by atoms with van der Waals surface area (Å²) in [5, 5.41) is 3.87. The molecule has 1 aromatic heterocycles. The molecule has 0 saturated heterocycles. The number of benzene rings is 2. The molecule has 1 heterocycles. The van der Waals surface area contributed by atoms with Crippen LogP contribution in [0.1, 0.15) is 23.5 Å². The number of thiazole rings is 1. The Balaban J connectivity index is 1.48. The van der Waals surface area contributed by atoms with E-state index in [2.05, 4.69) is 10.3 Å². The summed E-state index contributed by atoms with van der Waals surface area (Å²) in [6, 6.07) is 11.5. The number of para-hydroxylation sites is 1. The van der Waals surface area contributed by atoms with Gasteiger partial charge in [-0.2, -0.15) is 0 Å². The SMILES string of the molecule is CC(c1ccc(F)c(F)c1)N(C)CC(=O)NCCc1nc2ccccc2s1. The molecule has 0 bridgehead atoms. The van der Waals surface area contributed by atoms with Crippen LogP contribution in [-0.2, 0) is 11.2 Å². The second-order valence-electron chi connectivity index (χ2n) is 6.44. The summed E-state index contributed by atoms with van der Waals surface area (Å²) in [4.78, 5) is 18.5. The number of hydrogen-bond acceptors (Lipinski definition) is 4. The van der Waals surface area contributed by atoms with E-state index in [9.17, 15) is 13.6 Å². The molecular formula is C20H21F2N3OS. The Morgan fingerprint density at radius 1 is 1.22 bits per heavy atom. The second-order valence-corrected chi connectivity index (χ2v) is 7.56. The third-order valence-electron chi connectivity index (χ3n) is 4.48. The lowest BCUT2D eigenvalue weighted by Gasteiger charge is -2.24. The van der Waals surface area contributed by atoms with Crippen molar-refractivity contribution in [2.75, 3.05) is 20.1 Å². The number of fused-ring (bicyclic) bond motifs is 1. The van der Waals surface area contributed by atoms with Gasteiger partial charge in [0.1, 0.15) is 0 Å². The first-order chi connectivity index (χ1) is 12.9. The van der Waals surface area contributed by atoms with Crippen molar-refractivity contribution >= 4 is 27.5 Å². The molecule has 3 rings (SSSR count). The number of likely N-dealkylation sites (N-methyl/N-ethyl adjacent to an activating group) is 1. The average molecular weight is 389 g/mol. The topological polar surface area (TPSA) is 45.2 Å². The number of nitrogens with one attached hydrogen (secondary N) is 1. The fourth-order valence-electron chi connectivity index (χ4n) is 2.78. The lowest BCUT2D eigenvalue weighted by molar-refractivity contribution is -0.122. The van der Waals surface area contributed by atoms with Gasteiger partial charge in [-0.15, -0.1) is 11.3 Å². The zero-order valence-corrected chi connectivity index (χ0v) is 16.0. The van der Waals surface area contributed by atoms with Gasteiger partial charge in [0.05, 0.1) is 21.8 Å². The van der Waals surface area contributed by atoms with Crippen molar-refractivity contribution in [2.24, 2.45) is 0 Å². The molecule has 1 atom stereocenters. The Bertz CT molecular complexity index is 911. The molecule has 0 spiro atoms. The third kappa shape index (κ3) is 4.87. The van der Waals surface area contributed by atoms with Crippen LogP contribution >= 0.6 is 11.3 Å². The maximum Gasteiger partial charge on any atom is 0.234 e. The van der Waals surface area contributed by atoms with Crippen LogP contribution in [0.2, 0.25) is 0 Å². The van der Waals surface area contributed by atoms with E-state index in [1.54, 1.807) is 23.3 Å². The fourth-order valence-corrected chi connectivity index (χ4v) is 3.75. The molecule has 0 radical (unpaired) electrons. The number of hydrogen-bond donors (Lipinski definition) is 1. The normalized spacial score (nSPS) is 12.5. The van der Waals surface area contributed by atoms with Crippen molar-refractivity contribution < 1.29 is 13.6 Å². The van der Waals surface area contributed by atoms with Crippen LogP contribution in [0.25, 0.3) is 10.2 Å². The van der Waals surface area contributed by atoms with Crippen LogP contribution in [0.3, 0.4) is 0 Å². The van der Waals surface area contributed by atoms with E-state index in [0.717, 1.165) is 21.3 Å². The second kappa shape index (κ2) is 8.54. The molecule has 27 heavy (non-hydrogen) atoms. The highest BCUT2D eigenvalue weighted by Crippen LogP contribution is 2.22. The zero-order valence-electron chi connectivity index (χ0n) is 15.2. The molecule has 2 aromatic carbocycles. The van der Waals surface area contributed by atoms with Gasteiger partial charge >= 0.3 is 0 Å². The van der Waals surface area contributed by atoms with Gasteiger partial charge in [-0.1, -0.05) is 18.2 Å². The van der Waals surface area contributed by atoms with E-state index in [1.807, 2.05) is 31.2 Å². The number of carbonyl (C=O) groups is 1. The summed E-state index contributed by atoms with van der Waals surface area (Å²) >= 11 is 1.63. The average Bonchev–Trinajstić information content (AvgIpc) is 3.06. The maximum absolute atomic E-state index is 13.4. The summed E-state index contributed by atoms with van der Waals surface area (Å²) in [6.45, 7) is 2.52. The van der Waals surface area contributed by atoms with Gasteiger partial charge in [0.2, 0.25) is 5.91 Å². The van der Waals surface area contributed by atoms with Crippen LogP contribution in [0.5, 0.6) is 0 Å². The van der Waals surface area contributed by atoms with E-state index >= 15 is 0 Å². The lowest BCUT2D eigenvalue weighted by atomic mass is 10.1. The van der Waals surface area contributed by atoms with Crippen molar-refractivity contribution in [1.82, 2.24) is 15.2 Å². The molecule has 142 valence electrons. The number of amides is 1. The molecule has 7 heteroatoms. The number of rotatable bonds is 7. The predicted molar refractivity (Wildman–Crippen MR) is 104 cm³/mol. The van der Waals surface area contributed by atoms with Crippen LogP contribution in [0, 0.1) is 11.6 Å². The first-order valence-electron chi connectivity index (χ1n) is 8.70. The minimum atomic E-state index is -0.881. The zero-order chi connectivity index (χ0) is 19.4. The van der Waals surface area contributed by atoms with Gasteiger partial charge in [0.25, 0.3) is 0 Å². The number of nitrogens with zero attached hydrogens (tertiary/aromatic N) is 2. The first kappa shape index (κ1) is 19.4. The minimum Gasteiger partial charge on any atom is -0.355 e. The number of halogens is 2. The first-order valence-corrected chi connectivity index (χ1v) is 9.52. The maximum atomic E-state index is 13.4. The van der Waals surface area contributed by atoms with Gasteiger partial charge in [-0.3, -0.25) is 9.69 Å². The van der Waals surface area contributed by atoms with E-state index in [4.69, 9.17) is 0 Å². The van der Waals surface area contributed by atoms with Crippen LogP contribution < -0.4 is 5.32 Å². The largest absolute Gasteiger partial charge is 0.355 e. The summed E-state index contributed by atoms with van der Waals surface area (Å²) in [5.41, 5.74) is 1.60. The smallest absolute Gasteiger partial charge is 0.234 e. The molecule has 0 aliphatic rings. The number of aromatic nitrogens is 1. The quantitative estimate of drug-likeness (QED) is 0.666. The van der Waals surface area contributed by atoms with Gasteiger partial charge < -0.3 is 5.32 Å². The summed E-state index contributed by atoms with van der Waals surface area (Å²) in [5.74, 6) is -1.87. The van der Waals surface area contributed by atoms with E-state index < -0.39 is 11.6 Å². The molecule has 1 N–H and O–H groups in total. The molecular weight excluding hydrogens is 368 g/mol. The summed E-state index contributed by atoms with van der Waals surface area (Å²) < 4.78 is 27.6. The highest BCUT2D eigenvalue weighted by atomic mass is 32.1. The Morgan fingerprint density at radius 3 is 2.74 bits per heavy atom. The standard InChI is InChI=1S/C20H21F2N3OS/c1-13(14-7-8-15(21)16(22)11-14)25(2)12-19(26)23-10-9-20-24-17-5-3-4-6-18(17)27-20/h3-8,11,13H,9-10,12H2,1-2H3,(H,23,26). The van der Waals surface area contributed by atoms with E-state index in [0.29, 0.717) is 18.5 Å². The minimum absolute atomic E-state index is 0.118. The van der Waals surface area contributed by atoms with Crippen LogP contribution in [-0.4, -0.2) is 35.9 Å². The predicted octanol–water partition coefficient (Wildman–Crippen LogP) is 3.93. The van der Waals surface area contributed by atoms with Crippen molar-refractivity contribution in [3.8, 4) is 0 Å². The van der Waals surface area contributed by atoms with Crippen molar-refractivity contribution in [3.63, 3.8) is 0 Å². The van der Waals surface area contributed by atoms with Gasteiger partial charge in [0.15, 0.2) is 11.6 Å². The van der Waals surface area contributed by atoms with Crippen molar-refractivity contribution in [3.05, 3.63) is 64.7 Å². The van der Waals surface area contributed by atoms with Gasteiger partial charge in [0, 0.05) is 19.0 Å².